The lowest BCUT2D eigenvalue weighted by atomic mass is 10.2. The van der Waals surface area contributed by atoms with Gasteiger partial charge in [-0.3, -0.25) is 0 Å². The van der Waals surface area contributed by atoms with Crippen LogP contribution in [-0.2, 0) is 4.74 Å². The zero-order chi connectivity index (χ0) is 18.6. The van der Waals surface area contributed by atoms with Crippen molar-refractivity contribution in [2.45, 2.75) is 46.5 Å². The van der Waals surface area contributed by atoms with Crippen LogP contribution >= 0.6 is 21.6 Å². The Hall–Kier alpha value is -0.550. The molecule has 25 heavy (non-hydrogen) atoms. The predicted molar refractivity (Wildman–Crippen MR) is 112 cm³/mol. The molecule has 0 bridgehead atoms. The lowest BCUT2D eigenvalue weighted by Crippen LogP contribution is -2.36. The number of rotatable bonds is 15. The van der Waals surface area contributed by atoms with E-state index >= 15 is 0 Å². The van der Waals surface area contributed by atoms with Crippen LogP contribution in [0.4, 0.5) is 4.79 Å². The molecule has 2 amide bonds. The molecule has 0 aliphatic carbocycles. The zero-order valence-electron chi connectivity index (χ0n) is 16.0. The lowest BCUT2D eigenvalue weighted by Gasteiger charge is -2.06. The smallest absolute Gasteiger partial charge is 0.315 e. The van der Waals surface area contributed by atoms with Gasteiger partial charge in [0, 0.05) is 31.4 Å². The maximum absolute atomic E-state index is 11.5. The van der Waals surface area contributed by atoms with E-state index in [-0.39, 0.29) is 6.03 Å². The second kappa shape index (κ2) is 19.8. The molecule has 0 aromatic carbocycles. The first kappa shape index (κ1) is 24.5. The summed E-state index contributed by atoms with van der Waals surface area (Å²) in [5.41, 5.74) is 0. The molecule has 0 unspecified atom stereocenters. The van der Waals surface area contributed by atoms with Crippen molar-refractivity contribution in [3.05, 3.63) is 0 Å². The fraction of sp³-hybridized carbons (Fsp3) is 0.833. The second-order valence-electron chi connectivity index (χ2n) is 5.86. The van der Waals surface area contributed by atoms with Crippen molar-refractivity contribution in [2.75, 3.05) is 44.5 Å². The average Bonchev–Trinajstić information content (AvgIpc) is 2.59. The molecule has 0 aromatic heterocycles. The van der Waals surface area contributed by atoms with Crippen molar-refractivity contribution < 1.29 is 9.53 Å². The molecule has 3 N–H and O–H groups in total. The van der Waals surface area contributed by atoms with Gasteiger partial charge in [0.25, 0.3) is 0 Å². The number of nitrogens with one attached hydrogen (secondary N) is 3. The lowest BCUT2D eigenvalue weighted by molar-refractivity contribution is 0.178. The fourth-order valence-corrected chi connectivity index (χ4v) is 3.31. The van der Waals surface area contributed by atoms with E-state index in [1.54, 1.807) is 10.8 Å². The third-order valence-electron chi connectivity index (χ3n) is 3.01. The first-order valence-corrected chi connectivity index (χ1v) is 11.7. The fourth-order valence-electron chi connectivity index (χ4n) is 1.70. The third-order valence-corrected chi connectivity index (χ3v) is 5.10. The van der Waals surface area contributed by atoms with Gasteiger partial charge < -0.3 is 20.7 Å². The monoisotopic (exact) mass is 389 g/mol. The van der Waals surface area contributed by atoms with Crippen molar-refractivity contribution in [2.24, 2.45) is 5.92 Å². The predicted octanol–water partition coefficient (Wildman–Crippen LogP) is 3.47. The van der Waals surface area contributed by atoms with Crippen molar-refractivity contribution >= 4 is 27.6 Å². The SMILES string of the molecule is CCCCNCCSSCOCCCCNC(=O)NCC#CC(C)C. The van der Waals surface area contributed by atoms with Gasteiger partial charge in [-0.25, -0.2) is 4.79 Å². The number of amides is 2. The van der Waals surface area contributed by atoms with Crippen LogP contribution < -0.4 is 16.0 Å². The Balaban J connectivity index is 3.18. The standard InChI is InChI=1S/C18H35N3O2S2/c1-4-5-10-19-13-15-24-25-16-23-14-7-6-11-20-18(22)21-12-8-9-17(2)3/h17,19H,4-7,10-16H2,1-3H3,(H2,20,21,22). The Morgan fingerprint density at radius 1 is 1.08 bits per heavy atom. The van der Waals surface area contributed by atoms with E-state index in [0.717, 1.165) is 44.2 Å². The summed E-state index contributed by atoms with van der Waals surface area (Å²) < 4.78 is 5.56. The maximum Gasteiger partial charge on any atom is 0.315 e. The van der Waals surface area contributed by atoms with E-state index < -0.39 is 0 Å². The summed E-state index contributed by atoms with van der Waals surface area (Å²) in [7, 11) is 3.61. The Morgan fingerprint density at radius 2 is 1.92 bits per heavy atom. The number of hydrogen-bond donors (Lipinski definition) is 3. The van der Waals surface area contributed by atoms with E-state index in [1.165, 1.54) is 12.8 Å². The Morgan fingerprint density at radius 3 is 2.68 bits per heavy atom. The molecule has 0 saturated heterocycles. The van der Waals surface area contributed by atoms with E-state index in [0.29, 0.717) is 19.0 Å². The van der Waals surface area contributed by atoms with Crippen molar-refractivity contribution in [3.63, 3.8) is 0 Å². The van der Waals surface area contributed by atoms with Crippen molar-refractivity contribution in [1.82, 2.24) is 16.0 Å². The summed E-state index contributed by atoms with van der Waals surface area (Å²) in [5.74, 6) is 8.09. The van der Waals surface area contributed by atoms with Gasteiger partial charge in [0.2, 0.25) is 0 Å². The molecule has 0 rings (SSSR count). The van der Waals surface area contributed by atoms with Gasteiger partial charge in [0.15, 0.2) is 0 Å². The first-order chi connectivity index (χ1) is 12.2. The van der Waals surface area contributed by atoms with E-state index in [4.69, 9.17) is 4.74 Å². The minimum absolute atomic E-state index is 0.154. The van der Waals surface area contributed by atoms with Crippen LogP contribution in [0.3, 0.4) is 0 Å². The molecule has 0 aromatic rings. The normalized spacial score (nSPS) is 10.4. The van der Waals surface area contributed by atoms with Gasteiger partial charge in [0.05, 0.1) is 6.54 Å². The van der Waals surface area contributed by atoms with E-state index in [9.17, 15) is 4.79 Å². The van der Waals surface area contributed by atoms with Crippen LogP contribution in [0.25, 0.3) is 0 Å². The van der Waals surface area contributed by atoms with Crippen molar-refractivity contribution in [1.29, 1.82) is 0 Å². The molecule has 0 fully saturated rings. The molecule has 0 spiro atoms. The molecule has 0 saturated carbocycles. The van der Waals surface area contributed by atoms with E-state index in [2.05, 4.69) is 34.7 Å². The summed E-state index contributed by atoms with van der Waals surface area (Å²) in [6.07, 6.45) is 4.38. The summed E-state index contributed by atoms with van der Waals surface area (Å²) in [6.45, 7) is 10.2. The van der Waals surface area contributed by atoms with Gasteiger partial charge in [-0.15, -0.1) is 0 Å². The second-order valence-corrected chi connectivity index (χ2v) is 8.39. The van der Waals surface area contributed by atoms with Gasteiger partial charge >= 0.3 is 6.03 Å². The quantitative estimate of drug-likeness (QED) is 0.173. The highest BCUT2D eigenvalue weighted by Crippen LogP contribution is 2.20. The van der Waals surface area contributed by atoms with Gasteiger partial charge in [-0.2, -0.15) is 0 Å². The molecule has 146 valence electrons. The summed E-state index contributed by atoms with van der Waals surface area (Å²) in [4.78, 5) is 11.5. The number of unbranched alkanes of at least 4 members (excludes halogenated alkanes) is 2. The highest BCUT2D eigenvalue weighted by atomic mass is 33.1. The van der Waals surface area contributed by atoms with Crippen molar-refractivity contribution in [3.8, 4) is 11.8 Å². The van der Waals surface area contributed by atoms with Crippen LogP contribution in [0.1, 0.15) is 46.5 Å². The molecule has 7 heteroatoms. The maximum atomic E-state index is 11.5. The minimum Gasteiger partial charge on any atom is -0.370 e. The Kier molecular flexibility index (Phi) is 19.3. The highest BCUT2D eigenvalue weighted by molar-refractivity contribution is 8.76. The van der Waals surface area contributed by atoms with Crippen LogP contribution in [0, 0.1) is 17.8 Å². The molecule has 5 nitrogen and oxygen atoms in total. The Bertz CT molecular complexity index is 371. The minimum atomic E-state index is -0.154. The molecule has 0 radical (unpaired) electrons. The summed E-state index contributed by atoms with van der Waals surface area (Å²) in [5, 5.41) is 8.96. The first-order valence-electron chi connectivity index (χ1n) is 9.19. The molecule has 0 atom stereocenters. The third kappa shape index (κ3) is 21.4. The number of ether oxygens (including phenoxy) is 1. The zero-order valence-corrected chi connectivity index (χ0v) is 17.6. The molecular formula is C18H35N3O2S2. The van der Waals surface area contributed by atoms with Crippen LogP contribution in [0.15, 0.2) is 0 Å². The summed E-state index contributed by atoms with van der Waals surface area (Å²) in [6, 6.07) is -0.154. The largest absolute Gasteiger partial charge is 0.370 e. The Labute approximate surface area is 162 Å². The number of hydrogen-bond acceptors (Lipinski definition) is 5. The average molecular weight is 390 g/mol. The summed E-state index contributed by atoms with van der Waals surface area (Å²) >= 11 is 0. The molecule has 0 heterocycles. The number of carbonyl (C=O) groups is 1. The highest BCUT2D eigenvalue weighted by Gasteiger charge is 1.97. The van der Waals surface area contributed by atoms with E-state index in [1.807, 2.05) is 24.6 Å². The molecule has 0 aliphatic heterocycles. The number of urea groups is 1. The van der Waals surface area contributed by atoms with Gasteiger partial charge in [-0.05, 0) is 25.8 Å². The molecular weight excluding hydrogens is 354 g/mol. The van der Waals surface area contributed by atoms with Crippen LogP contribution in [0.2, 0.25) is 0 Å². The molecule has 0 aliphatic rings. The van der Waals surface area contributed by atoms with Gasteiger partial charge in [-0.1, -0.05) is 60.6 Å². The number of carbonyl (C=O) groups excluding carboxylic acids is 1. The van der Waals surface area contributed by atoms with Crippen LogP contribution in [-0.4, -0.2) is 50.5 Å². The van der Waals surface area contributed by atoms with Gasteiger partial charge in [0.1, 0.15) is 5.94 Å². The van der Waals surface area contributed by atoms with Crippen LogP contribution in [0.5, 0.6) is 0 Å². The topological polar surface area (TPSA) is 62.4 Å².